The van der Waals surface area contributed by atoms with Crippen molar-refractivity contribution in [1.82, 2.24) is 24.9 Å². The summed E-state index contributed by atoms with van der Waals surface area (Å²) in [7, 11) is 0. The van der Waals surface area contributed by atoms with Crippen molar-refractivity contribution in [3.8, 4) is 0 Å². The zero-order valence-corrected chi connectivity index (χ0v) is 15.3. The maximum Gasteiger partial charge on any atom is 0.272 e. The quantitative estimate of drug-likeness (QED) is 0.894. The molecule has 0 saturated carbocycles. The third-order valence-corrected chi connectivity index (χ3v) is 5.45. The molecule has 1 unspecified atom stereocenters. The Morgan fingerprint density at radius 1 is 1.35 bits per heavy atom. The number of ether oxygens (including phenoxy) is 1. The Kier molecular flexibility index (Phi) is 4.54. The third kappa shape index (κ3) is 3.26. The van der Waals surface area contributed by atoms with Crippen LogP contribution in [0.4, 0.5) is 0 Å². The molecule has 1 spiro atoms. The number of H-pyrrole nitrogens is 1. The maximum absolute atomic E-state index is 12.7. The lowest BCUT2D eigenvalue weighted by molar-refractivity contribution is -0.133. The van der Waals surface area contributed by atoms with E-state index < -0.39 is 0 Å². The average molecular weight is 359 g/mol. The van der Waals surface area contributed by atoms with Crippen LogP contribution in [0.5, 0.6) is 0 Å². The molecule has 2 saturated heterocycles. The number of aromatic amines is 1. The average Bonchev–Trinajstić information content (AvgIpc) is 3.27. The molecule has 2 fully saturated rings. The van der Waals surface area contributed by atoms with Crippen molar-refractivity contribution in [2.24, 2.45) is 0 Å². The molecule has 26 heavy (non-hydrogen) atoms. The number of morpholine rings is 1. The number of rotatable bonds is 3. The van der Waals surface area contributed by atoms with Gasteiger partial charge in [-0.25, -0.2) is 4.98 Å². The lowest BCUT2D eigenvalue weighted by Gasteiger charge is -2.48. The normalized spacial score (nSPS) is 24.3. The van der Waals surface area contributed by atoms with Gasteiger partial charge in [-0.05, 0) is 33.2 Å². The van der Waals surface area contributed by atoms with Gasteiger partial charge >= 0.3 is 0 Å². The number of hydrogen-bond acceptors (Lipinski definition) is 6. The van der Waals surface area contributed by atoms with E-state index in [-0.39, 0.29) is 11.5 Å². The van der Waals surface area contributed by atoms with Crippen molar-refractivity contribution in [3.63, 3.8) is 0 Å². The first-order valence-corrected chi connectivity index (χ1v) is 9.12. The van der Waals surface area contributed by atoms with E-state index in [1.54, 1.807) is 6.20 Å². The Hall–Kier alpha value is -2.19. The Balaban J connectivity index is 1.46. The Labute approximate surface area is 152 Å². The minimum absolute atomic E-state index is 0.00646. The highest BCUT2D eigenvalue weighted by Gasteiger charge is 2.42. The molecule has 1 atom stereocenters. The third-order valence-electron chi connectivity index (χ3n) is 5.45. The highest BCUT2D eigenvalue weighted by molar-refractivity contribution is 5.92. The van der Waals surface area contributed by atoms with E-state index in [1.807, 2.05) is 18.7 Å². The van der Waals surface area contributed by atoms with Crippen LogP contribution in [-0.4, -0.2) is 69.2 Å². The smallest absolute Gasteiger partial charge is 0.272 e. The second-order valence-electron chi connectivity index (χ2n) is 7.34. The number of hydrogen-bond donors (Lipinski definition) is 1. The Bertz CT molecular complexity index is 748. The molecule has 140 valence electrons. The summed E-state index contributed by atoms with van der Waals surface area (Å²) >= 11 is 0. The van der Waals surface area contributed by atoms with Gasteiger partial charge in [0, 0.05) is 25.2 Å². The fraction of sp³-hybridized carbons (Fsp3) is 0.611. The first-order valence-electron chi connectivity index (χ1n) is 9.12. The number of nitrogens with zero attached hydrogens (tertiary/aromatic N) is 4. The van der Waals surface area contributed by atoms with Crippen LogP contribution in [-0.2, 0) is 11.3 Å². The van der Waals surface area contributed by atoms with Crippen molar-refractivity contribution < 1.29 is 14.1 Å². The van der Waals surface area contributed by atoms with Gasteiger partial charge < -0.3 is 19.1 Å². The van der Waals surface area contributed by atoms with Crippen LogP contribution in [0.25, 0.3) is 0 Å². The number of carbonyl (C=O) groups is 1. The number of imidazole rings is 1. The van der Waals surface area contributed by atoms with E-state index in [9.17, 15) is 4.79 Å². The van der Waals surface area contributed by atoms with Gasteiger partial charge in [-0.3, -0.25) is 9.69 Å². The number of carbonyl (C=O) groups excluding carboxylic acids is 1. The zero-order chi connectivity index (χ0) is 18.1. The summed E-state index contributed by atoms with van der Waals surface area (Å²) in [4.78, 5) is 23.8. The van der Waals surface area contributed by atoms with Crippen molar-refractivity contribution in [2.45, 2.75) is 38.8 Å². The molecule has 4 heterocycles. The molecule has 0 radical (unpaired) electrons. The van der Waals surface area contributed by atoms with Gasteiger partial charge in [0.25, 0.3) is 5.91 Å². The summed E-state index contributed by atoms with van der Waals surface area (Å²) in [6, 6.07) is 0. The van der Waals surface area contributed by atoms with Crippen LogP contribution >= 0.6 is 0 Å². The van der Waals surface area contributed by atoms with Crippen LogP contribution in [0.2, 0.25) is 0 Å². The molecule has 0 aromatic carbocycles. The van der Waals surface area contributed by atoms with Crippen LogP contribution in [0.15, 0.2) is 17.0 Å². The zero-order valence-electron chi connectivity index (χ0n) is 15.3. The lowest BCUT2D eigenvalue weighted by Crippen LogP contribution is -2.60. The number of aromatic nitrogens is 3. The standard InChI is InChI=1S/C18H25N5O3/c1-13-15(14(2)26-21-13)9-22-5-3-4-18(10-22)11-23(6-7-25-18)17(24)16-8-19-12-20-16/h8,12H,3-7,9-11H2,1-2H3,(H,19,20). The molecule has 1 amide bonds. The fourth-order valence-corrected chi connectivity index (χ4v) is 4.08. The van der Waals surface area contributed by atoms with Crippen molar-refractivity contribution in [1.29, 1.82) is 0 Å². The second kappa shape index (κ2) is 6.85. The highest BCUT2D eigenvalue weighted by Crippen LogP contribution is 2.31. The summed E-state index contributed by atoms with van der Waals surface area (Å²) in [5, 5.41) is 4.05. The van der Waals surface area contributed by atoms with Crippen molar-refractivity contribution in [2.75, 3.05) is 32.8 Å². The molecule has 0 bridgehead atoms. The molecule has 2 aromatic rings. The maximum atomic E-state index is 12.7. The summed E-state index contributed by atoms with van der Waals surface area (Å²) < 4.78 is 11.5. The van der Waals surface area contributed by atoms with E-state index >= 15 is 0 Å². The van der Waals surface area contributed by atoms with Crippen molar-refractivity contribution >= 4 is 5.91 Å². The highest BCUT2D eigenvalue weighted by atomic mass is 16.5. The Morgan fingerprint density at radius 3 is 2.96 bits per heavy atom. The molecule has 8 heteroatoms. The van der Waals surface area contributed by atoms with Crippen molar-refractivity contribution in [3.05, 3.63) is 35.2 Å². The summed E-state index contributed by atoms with van der Waals surface area (Å²) in [6.45, 7) is 8.37. The van der Waals surface area contributed by atoms with E-state index in [1.165, 1.54) is 6.33 Å². The molecule has 2 aliphatic heterocycles. The monoisotopic (exact) mass is 359 g/mol. The minimum Gasteiger partial charge on any atom is -0.370 e. The van der Waals surface area contributed by atoms with Gasteiger partial charge in [0.2, 0.25) is 0 Å². The summed E-state index contributed by atoms with van der Waals surface area (Å²) in [5.74, 6) is 0.871. The SMILES string of the molecule is Cc1noc(C)c1CN1CCCC2(C1)CN(C(=O)c1cnc[nH]1)CCO2. The van der Waals surface area contributed by atoms with Crippen LogP contribution < -0.4 is 0 Å². The molecular formula is C18H25N5O3. The number of likely N-dealkylation sites (tertiary alicyclic amines) is 1. The van der Waals surface area contributed by atoms with Gasteiger partial charge in [0.1, 0.15) is 11.5 Å². The molecule has 8 nitrogen and oxygen atoms in total. The Morgan fingerprint density at radius 2 is 2.23 bits per heavy atom. The number of amides is 1. The van der Waals surface area contributed by atoms with Gasteiger partial charge in [0.15, 0.2) is 0 Å². The molecular weight excluding hydrogens is 334 g/mol. The summed E-state index contributed by atoms with van der Waals surface area (Å²) in [6.07, 6.45) is 5.14. The lowest BCUT2D eigenvalue weighted by atomic mass is 9.90. The van der Waals surface area contributed by atoms with Gasteiger partial charge in [-0.2, -0.15) is 0 Å². The van der Waals surface area contributed by atoms with Crippen LogP contribution in [0, 0.1) is 13.8 Å². The number of piperidine rings is 1. The number of nitrogens with one attached hydrogen (secondary N) is 1. The second-order valence-corrected chi connectivity index (χ2v) is 7.34. The molecule has 0 aliphatic carbocycles. The first kappa shape index (κ1) is 17.2. The minimum atomic E-state index is -0.300. The van der Waals surface area contributed by atoms with Gasteiger partial charge in [-0.15, -0.1) is 0 Å². The van der Waals surface area contributed by atoms with Crippen LogP contribution in [0.1, 0.15) is 40.3 Å². The summed E-state index contributed by atoms with van der Waals surface area (Å²) in [5.41, 5.74) is 2.34. The first-order chi connectivity index (χ1) is 12.6. The topological polar surface area (TPSA) is 87.5 Å². The van der Waals surface area contributed by atoms with E-state index in [2.05, 4.69) is 20.0 Å². The van der Waals surface area contributed by atoms with Gasteiger partial charge in [-0.1, -0.05) is 5.16 Å². The number of aryl methyl sites for hydroxylation is 2. The van der Waals surface area contributed by atoms with Crippen LogP contribution in [0.3, 0.4) is 0 Å². The fourth-order valence-electron chi connectivity index (χ4n) is 4.08. The van der Waals surface area contributed by atoms with Gasteiger partial charge in [0.05, 0.1) is 37.0 Å². The molecule has 2 aromatic heterocycles. The largest absolute Gasteiger partial charge is 0.370 e. The van der Waals surface area contributed by atoms with E-state index in [4.69, 9.17) is 9.26 Å². The van der Waals surface area contributed by atoms with E-state index in [0.29, 0.717) is 25.4 Å². The van der Waals surface area contributed by atoms with E-state index in [0.717, 1.165) is 49.5 Å². The molecule has 2 aliphatic rings. The molecule has 1 N–H and O–H groups in total. The molecule has 4 rings (SSSR count). The predicted molar refractivity (Wildman–Crippen MR) is 93.7 cm³/mol. The predicted octanol–water partition coefficient (Wildman–Crippen LogP) is 1.52.